The zero-order chi connectivity index (χ0) is 19.4. The van der Waals surface area contributed by atoms with E-state index in [9.17, 15) is 14.4 Å². The van der Waals surface area contributed by atoms with Crippen molar-refractivity contribution in [2.75, 3.05) is 18.1 Å². The SMILES string of the molecule is CSc1ccc(/C=C2\SC(=O)N(CC(=O)Nc3cccc(C)c3)C2=O)cc1. The molecule has 7 heteroatoms. The second-order valence-electron chi connectivity index (χ2n) is 5.96. The zero-order valence-electron chi connectivity index (χ0n) is 14.9. The molecule has 1 aliphatic heterocycles. The Morgan fingerprint density at radius 2 is 1.93 bits per heavy atom. The molecule has 1 N–H and O–H groups in total. The maximum absolute atomic E-state index is 12.5. The van der Waals surface area contributed by atoms with E-state index in [1.165, 1.54) is 0 Å². The topological polar surface area (TPSA) is 66.5 Å². The highest BCUT2D eigenvalue weighted by Gasteiger charge is 2.36. The lowest BCUT2D eigenvalue weighted by Gasteiger charge is -2.12. The summed E-state index contributed by atoms with van der Waals surface area (Å²) < 4.78 is 0. The lowest BCUT2D eigenvalue weighted by molar-refractivity contribution is -0.127. The Morgan fingerprint density at radius 3 is 2.59 bits per heavy atom. The molecule has 2 aromatic rings. The molecule has 138 valence electrons. The molecule has 3 amide bonds. The van der Waals surface area contributed by atoms with Crippen molar-refractivity contribution in [3.05, 3.63) is 64.6 Å². The summed E-state index contributed by atoms with van der Waals surface area (Å²) in [5.41, 5.74) is 2.48. The van der Waals surface area contributed by atoms with E-state index in [0.717, 1.165) is 32.7 Å². The molecule has 0 saturated carbocycles. The van der Waals surface area contributed by atoms with Gasteiger partial charge in [0.15, 0.2) is 0 Å². The molecule has 0 aromatic heterocycles. The molecule has 3 rings (SSSR count). The Hall–Kier alpha value is -2.51. The quantitative estimate of drug-likeness (QED) is 0.598. The van der Waals surface area contributed by atoms with Crippen LogP contribution in [0.2, 0.25) is 0 Å². The number of carbonyl (C=O) groups excluding carboxylic acids is 3. The fourth-order valence-corrected chi connectivity index (χ4v) is 3.80. The number of carbonyl (C=O) groups is 3. The number of thioether (sulfide) groups is 2. The second kappa shape index (κ2) is 8.45. The predicted octanol–water partition coefficient (Wildman–Crippen LogP) is 4.39. The average Bonchev–Trinajstić information content (AvgIpc) is 2.90. The Balaban J connectivity index is 1.68. The van der Waals surface area contributed by atoms with Gasteiger partial charge in [0.1, 0.15) is 6.54 Å². The fourth-order valence-electron chi connectivity index (χ4n) is 2.55. The minimum atomic E-state index is -0.446. The average molecular weight is 399 g/mol. The Kier molecular flexibility index (Phi) is 6.03. The molecule has 0 radical (unpaired) electrons. The number of imide groups is 1. The van der Waals surface area contributed by atoms with E-state index in [1.54, 1.807) is 23.9 Å². The minimum absolute atomic E-state index is 0.304. The maximum atomic E-state index is 12.5. The van der Waals surface area contributed by atoms with Crippen LogP contribution in [0.25, 0.3) is 6.08 Å². The molecule has 1 fully saturated rings. The smallest absolute Gasteiger partial charge is 0.294 e. The van der Waals surface area contributed by atoms with E-state index in [-0.39, 0.29) is 6.54 Å². The van der Waals surface area contributed by atoms with Gasteiger partial charge in [0.25, 0.3) is 11.1 Å². The van der Waals surface area contributed by atoms with Gasteiger partial charge < -0.3 is 5.32 Å². The summed E-state index contributed by atoms with van der Waals surface area (Å²) in [7, 11) is 0. The molecular formula is C20H18N2O3S2. The molecule has 1 aliphatic rings. The molecule has 2 aromatic carbocycles. The van der Waals surface area contributed by atoms with E-state index in [1.807, 2.05) is 55.6 Å². The number of hydrogen-bond donors (Lipinski definition) is 1. The van der Waals surface area contributed by atoms with Crippen LogP contribution in [-0.4, -0.2) is 34.8 Å². The molecule has 1 saturated heterocycles. The first-order chi connectivity index (χ1) is 13.0. The van der Waals surface area contributed by atoms with Crippen molar-refractivity contribution < 1.29 is 14.4 Å². The summed E-state index contributed by atoms with van der Waals surface area (Å²) >= 11 is 2.48. The van der Waals surface area contributed by atoms with Crippen LogP contribution in [0.4, 0.5) is 10.5 Å². The fraction of sp³-hybridized carbons (Fsp3) is 0.150. The van der Waals surface area contributed by atoms with Gasteiger partial charge in [-0.25, -0.2) is 0 Å². The van der Waals surface area contributed by atoms with Crippen molar-refractivity contribution in [1.82, 2.24) is 4.90 Å². The predicted molar refractivity (Wildman–Crippen MR) is 111 cm³/mol. The first-order valence-corrected chi connectivity index (χ1v) is 10.3. The number of nitrogens with one attached hydrogen (secondary N) is 1. The first kappa shape index (κ1) is 19.3. The highest BCUT2D eigenvalue weighted by Crippen LogP contribution is 2.32. The lowest BCUT2D eigenvalue weighted by atomic mass is 10.2. The third-order valence-electron chi connectivity index (χ3n) is 3.89. The van der Waals surface area contributed by atoms with E-state index >= 15 is 0 Å². The van der Waals surface area contributed by atoms with Gasteiger partial charge in [-0.3, -0.25) is 19.3 Å². The number of nitrogens with zero attached hydrogens (tertiary/aromatic N) is 1. The van der Waals surface area contributed by atoms with Gasteiger partial charge in [0.05, 0.1) is 4.91 Å². The minimum Gasteiger partial charge on any atom is -0.325 e. The summed E-state index contributed by atoms with van der Waals surface area (Å²) in [5, 5.41) is 2.27. The van der Waals surface area contributed by atoms with Crippen LogP contribution in [0.15, 0.2) is 58.3 Å². The van der Waals surface area contributed by atoms with Crippen molar-refractivity contribution in [3.8, 4) is 0 Å². The van der Waals surface area contributed by atoms with Gasteiger partial charge in [-0.05, 0) is 66.4 Å². The maximum Gasteiger partial charge on any atom is 0.294 e. The largest absolute Gasteiger partial charge is 0.325 e. The van der Waals surface area contributed by atoms with Gasteiger partial charge in [-0.15, -0.1) is 11.8 Å². The summed E-state index contributed by atoms with van der Waals surface area (Å²) in [6, 6.07) is 15.0. The van der Waals surface area contributed by atoms with Crippen molar-refractivity contribution in [3.63, 3.8) is 0 Å². The lowest BCUT2D eigenvalue weighted by Crippen LogP contribution is -2.36. The van der Waals surface area contributed by atoms with E-state index in [2.05, 4.69) is 5.32 Å². The van der Waals surface area contributed by atoms with Crippen LogP contribution in [-0.2, 0) is 9.59 Å². The Bertz CT molecular complexity index is 923. The number of aryl methyl sites for hydroxylation is 1. The van der Waals surface area contributed by atoms with Gasteiger partial charge in [0.2, 0.25) is 5.91 Å². The standard InChI is InChI=1S/C20H18N2O3S2/c1-13-4-3-5-15(10-13)21-18(23)12-22-19(24)17(27-20(22)25)11-14-6-8-16(26-2)9-7-14/h3-11H,12H2,1-2H3,(H,21,23)/b17-11-. The monoisotopic (exact) mass is 398 g/mol. The number of rotatable bonds is 5. The van der Waals surface area contributed by atoms with Gasteiger partial charge >= 0.3 is 0 Å². The Morgan fingerprint density at radius 1 is 1.19 bits per heavy atom. The molecule has 0 bridgehead atoms. The van der Waals surface area contributed by atoms with Crippen LogP contribution in [0.3, 0.4) is 0 Å². The summed E-state index contributed by atoms with van der Waals surface area (Å²) in [6.45, 7) is 1.62. The van der Waals surface area contributed by atoms with Crippen LogP contribution >= 0.6 is 23.5 Å². The van der Waals surface area contributed by atoms with Crippen molar-refractivity contribution in [2.24, 2.45) is 0 Å². The van der Waals surface area contributed by atoms with Crippen molar-refractivity contribution >= 4 is 52.3 Å². The third kappa shape index (κ3) is 4.81. The number of hydrogen-bond acceptors (Lipinski definition) is 5. The van der Waals surface area contributed by atoms with Crippen molar-refractivity contribution in [1.29, 1.82) is 0 Å². The second-order valence-corrected chi connectivity index (χ2v) is 7.83. The number of anilines is 1. The molecule has 0 spiro atoms. The van der Waals surface area contributed by atoms with Gasteiger partial charge in [0, 0.05) is 10.6 Å². The van der Waals surface area contributed by atoms with E-state index < -0.39 is 17.1 Å². The highest BCUT2D eigenvalue weighted by molar-refractivity contribution is 8.18. The van der Waals surface area contributed by atoms with Crippen LogP contribution in [0, 0.1) is 6.92 Å². The molecule has 0 aliphatic carbocycles. The summed E-state index contributed by atoms with van der Waals surface area (Å²) in [6.07, 6.45) is 3.66. The highest BCUT2D eigenvalue weighted by atomic mass is 32.2. The van der Waals surface area contributed by atoms with Gasteiger partial charge in [-0.2, -0.15) is 0 Å². The summed E-state index contributed by atoms with van der Waals surface area (Å²) in [4.78, 5) is 39.3. The molecular weight excluding hydrogens is 380 g/mol. The molecule has 0 unspecified atom stereocenters. The third-order valence-corrected chi connectivity index (χ3v) is 5.54. The number of amides is 3. The molecule has 27 heavy (non-hydrogen) atoms. The van der Waals surface area contributed by atoms with Gasteiger partial charge in [-0.1, -0.05) is 24.3 Å². The van der Waals surface area contributed by atoms with Crippen LogP contribution in [0.5, 0.6) is 0 Å². The molecule has 5 nitrogen and oxygen atoms in total. The normalized spacial score (nSPS) is 15.5. The molecule has 1 heterocycles. The zero-order valence-corrected chi connectivity index (χ0v) is 16.5. The van der Waals surface area contributed by atoms with E-state index in [0.29, 0.717) is 10.6 Å². The van der Waals surface area contributed by atoms with Crippen LogP contribution < -0.4 is 5.32 Å². The number of benzene rings is 2. The summed E-state index contributed by atoms with van der Waals surface area (Å²) in [5.74, 6) is -0.855. The van der Waals surface area contributed by atoms with Crippen molar-refractivity contribution in [2.45, 2.75) is 11.8 Å². The first-order valence-electron chi connectivity index (χ1n) is 8.22. The van der Waals surface area contributed by atoms with E-state index in [4.69, 9.17) is 0 Å². The molecule has 0 atom stereocenters. The van der Waals surface area contributed by atoms with Crippen LogP contribution in [0.1, 0.15) is 11.1 Å². The Labute approximate surface area is 166 Å².